The number of hydrogen-bond acceptors (Lipinski definition) is 0. The molecule has 0 bridgehead atoms. The fourth-order valence-electron chi connectivity index (χ4n) is 6.21. The van der Waals surface area contributed by atoms with E-state index in [4.69, 9.17) is 0 Å². The largest absolute Gasteiger partial charge is 0.0654 e. The molecule has 170 valence electrons. The normalized spacial score (nSPS) is 27.3. The highest BCUT2D eigenvalue weighted by Gasteiger charge is 2.24. The van der Waals surface area contributed by atoms with Gasteiger partial charge in [0, 0.05) is 0 Å². The number of unbranched alkanes of at least 4 members (excludes halogenated alkanes) is 2. The molecule has 0 heteroatoms. The molecule has 3 rings (SSSR count). The van der Waals surface area contributed by atoms with E-state index in [9.17, 15) is 0 Å². The second-order valence-corrected chi connectivity index (χ2v) is 11.0. The van der Waals surface area contributed by atoms with Crippen LogP contribution < -0.4 is 0 Å². The highest BCUT2D eigenvalue weighted by atomic mass is 14.3. The average molecular weight is 411 g/mol. The Morgan fingerprint density at radius 2 is 0.900 bits per heavy atom. The molecule has 1 aromatic rings. The SMILES string of the molecule is CCCCc1ccc(CCC2CCC(CCC3CCC(CCCC)CC3)CC2)cc1. The fourth-order valence-corrected chi connectivity index (χ4v) is 6.21. The van der Waals surface area contributed by atoms with Crippen LogP contribution in [-0.4, -0.2) is 0 Å². The molecule has 0 radical (unpaired) electrons. The molecule has 0 nitrogen and oxygen atoms in total. The highest BCUT2D eigenvalue weighted by molar-refractivity contribution is 5.22. The maximum absolute atomic E-state index is 2.40. The zero-order valence-corrected chi connectivity index (χ0v) is 20.3. The van der Waals surface area contributed by atoms with Gasteiger partial charge >= 0.3 is 0 Å². The van der Waals surface area contributed by atoms with Crippen LogP contribution in [0.25, 0.3) is 0 Å². The van der Waals surface area contributed by atoms with Crippen LogP contribution in [0.3, 0.4) is 0 Å². The van der Waals surface area contributed by atoms with Crippen molar-refractivity contribution in [3.8, 4) is 0 Å². The monoisotopic (exact) mass is 410 g/mol. The third-order valence-electron chi connectivity index (χ3n) is 8.56. The van der Waals surface area contributed by atoms with Gasteiger partial charge in [-0.2, -0.15) is 0 Å². The summed E-state index contributed by atoms with van der Waals surface area (Å²) < 4.78 is 0. The lowest BCUT2D eigenvalue weighted by atomic mass is 9.74. The molecule has 2 saturated carbocycles. The predicted molar refractivity (Wildman–Crippen MR) is 133 cm³/mol. The third kappa shape index (κ3) is 8.39. The first-order chi connectivity index (χ1) is 14.8. The van der Waals surface area contributed by atoms with E-state index in [1.54, 1.807) is 24.8 Å². The van der Waals surface area contributed by atoms with Gasteiger partial charge in [0.1, 0.15) is 0 Å². The van der Waals surface area contributed by atoms with E-state index in [0.29, 0.717) is 0 Å². The average Bonchev–Trinajstić information content (AvgIpc) is 2.80. The lowest BCUT2D eigenvalue weighted by Crippen LogP contribution is -2.18. The van der Waals surface area contributed by atoms with Crippen LogP contribution >= 0.6 is 0 Å². The van der Waals surface area contributed by atoms with Crippen molar-refractivity contribution in [2.75, 3.05) is 0 Å². The van der Waals surface area contributed by atoms with Crippen LogP contribution in [0, 0.1) is 23.7 Å². The van der Waals surface area contributed by atoms with E-state index in [-0.39, 0.29) is 0 Å². The second-order valence-electron chi connectivity index (χ2n) is 11.0. The van der Waals surface area contributed by atoms with Gasteiger partial charge in [0.2, 0.25) is 0 Å². The van der Waals surface area contributed by atoms with Gasteiger partial charge in [-0.3, -0.25) is 0 Å². The highest BCUT2D eigenvalue weighted by Crippen LogP contribution is 2.38. The number of hydrogen-bond donors (Lipinski definition) is 0. The van der Waals surface area contributed by atoms with Gasteiger partial charge in [-0.1, -0.05) is 128 Å². The van der Waals surface area contributed by atoms with Crippen molar-refractivity contribution in [1.29, 1.82) is 0 Å². The smallest absolute Gasteiger partial charge is 0.0276 e. The maximum Gasteiger partial charge on any atom is -0.0276 e. The molecule has 2 aliphatic carbocycles. The van der Waals surface area contributed by atoms with Crippen LogP contribution in [0.2, 0.25) is 0 Å². The van der Waals surface area contributed by atoms with Gasteiger partial charge in [0.25, 0.3) is 0 Å². The van der Waals surface area contributed by atoms with E-state index in [2.05, 4.69) is 38.1 Å². The molecule has 1 aromatic carbocycles. The van der Waals surface area contributed by atoms with Gasteiger partial charge in [0.05, 0.1) is 0 Å². The van der Waals surface area contributed by atoms with E-state index < -0.39 is 0 Å². The van der Waals surface area contributed by atoms with Gasteiger partial charge in [-0.25, -0.2) is 0 Å². The van der Waals surface area contributed by atoms with Gasteiger partial charge in [-0.05, 0) is 60.5 Å². The van der Waals surface area contributed by atoms with E-state index >= 15 is 0 Å². The summed E-state index contributed by atoms with van der Waals surface area (Å²) in [6, 6.07) is 9.54. The summed E-state index contributed by atoms with van der Waals surface area (Å²) in [5.74, 6) is 4.19. The Balaban J connectivity index is 1.25. The molecule has 30 heavy (non-hydrogen) atoms. The summed E-state index contributed by atoms with van der Waals surface area (Å²) in [6.07, 6.45) is 26.2. The first kappa shape index (κ1) is 23.9. The minimum absolute atomic E-state index is 0.995. The van der Waals surface area contributed by atoms with Crippen molar-refractivity contribution < 1.29 is 0 Å². The quantitative estimate of drug-likeness (QED) is 0.322. The Morgan fingerprint density at radius 1 is 0.500 bits per heavy atom. The summed E-state index contributed by atoms with van der Waals surface area (Å²) in [5.41, 5.74) is 3.09. The predicted octanol–water partition coefficient (Wildman–Crippen LogP) is 9.54. The van der Waals surface area contributed by atoms with E-state index in [0.717, 1.165) is 23.7 Å². The molecule has 0 atom stereocenters. The van der Waals surface area contributed by atoms with Crippen LogP contribution in [-0.2, 0) is 12.8 Å². The van der Waals surface area contributed by atoms with Gasteiger partial charge in [-0.15, -0.1) is 0 Å². The van der Waals surface area contributed by atoms with Gasteiger partial charge in [0.15, 0.2) is 0 Å². The van der Waals surface area contributed by atoms with Crippen molar-refractivity contribution in [3.63, 3.8) is 0 Å². The molecule has 2 fully saturated rings. The molecule has 0 amide bonds. The maximum atomic E-state index is 2.40. The Kier molecular flexibility index (Phi) is 10.8. The van der Waals surface area contributed by atoms with Crippen molar-refractivity contribution >= 4 is 0 Å². The molecule has 0 aliphatic heterocycles. The lowest BCUT2D eigenvalue weighted by molar-refractivity contribution is 0.209. The number of aryl methyl sites for hydroxylation is 2. The molecule has 0 N–H and O–H groups in total. The molecule has 0 saturated heterocycles. The first-order valence-electron chi connectivity index (χ1n) is 13.8. The first-order valence-corrected chi connectivity index (χ1v) is 13.8. The van der Waals surface area contributed by atoms with Crippen LogP contribution in [0.1, 0.15) is 128 Å². The van der Waals surface area contributed by atoms with Crippen molar-refractivity contribution in [1.82, 2.24) is 0 Å². The van der Waals surface area contributed by atoms with E-state index in [1.807, 2.05) is 0 Å². The minimum Gasteiger partial charge on any atom is -0.0654 e. The lowest BCUT2D eigenvalue weighted by Gasteiger charge is -2.32. The van der Waals surface area contributed by atoms with E-state index in [1.165, 1.54) is 102 Å². The Morgan fingerprint density at radius 3 is 1.37 bits per heavy atom. The molecule has 0 aromatic heterocycles. The zero-order valence-electron chi connectivity index (χ0n) is 20.3. The second kappa shape index (κ2) is 13.6. The molecule has 0 unspecified atom stereocenters. The summed E-state index contributed by atoms with van der Waals surface area (Å²) >= 11 is 0. The fraction of sp³-hybridized carbons (Fsp3) is 0.800. The minimum atomic E-state index is 0.995. The summed E-state index contributed by atoms with van der Waals surface area (Å²) in [4.78, 5) is 0. The Bertz CT molecular complexity index is 540. The summed E-state index contributed by atoms with van der Waals surface area (Å²) in [6.45, 7) is 4.62. The summed E-state index contributed by atoms with van der Waals surface area (Å²) in [7, 11) is 0. The standard InChI is InChI=1S/C30H50/c1-3-5-7-25-9-13-27(14-10-25)17-19-29-21-23-30(24-22-29)20-18-28-15-11-26(12-16-28)8-6-4-2/h9-10,13-14,26,28-30H,3-8,11-12,15-24H2,1-2H3. The van der Waals surface area contributed by atoms with Crippen molar-refractivity contribution in [2.24, 2.45) is 23.7 Å². The van der Waals surface area contributed by atoms with Crippen LogP contribution in [0.15, 0.2) is 24.3 Å². The Labute approximate surface area is 188 Å². The molecule has 0 spiro atoms. The van der Waals surface area contributed by atoms with Crippen LogP contribution in [0.5, 0.6) is 0 Å². The Hall–Kier alpha value is -0.780. The molecule has 0 heterocycles. The molecular weight excluding hydrogens is 360 g/mol. The van der Waals surface area contributed by atoms with Crippen LogP contribution in [0.4, 0.5) is 0 Å². The third-order valence-corrected chi connectivity index (χ3v) is 8.56. The van der Waals surface area contributed by atoms with Gasteiger partial charge < -0.3 is 0 Å². The number of rotatable bonds is 12. The molecular formula is C30H50. The number of benzene rings is 1. The topological polar surface area (TPSA) is 0 Å². The van der Waals surface area contributed by atoms with Crippen molar-refractivity contribution in [2.45, 2.75) is 129 Å². The summed E-state index contributed by atoms with van der Waals surface area (Å²) in [5, 5.41) is 0. The molecule has 2 aliphatic rings. The van der Waals surface area contributed by atoms with Crippen molar-refractivity contribution in [3.05, 3.63) is 35.4 Å². The zero-order chi connectivity index (χ0) is 21.0.